The van der Waals surface area contributed by atoms with Crippen LogP contribution in [-0.2, 0) is 12.6 Å². The highest BCUT2D eigenvalue weighted by Crippen LogP contribution is 2.44. The van der Waals surface area contributed by atoms with Crippen LogP contribution in [0.4, 0.5) is 26.3 Å². The molecule has 0 radical (unpaired) electrons. The van der Waals surface area contributed by atoms with Gasteiger partial charge in [0, 0.05) is 29.5 Å². The zero-order chi connectivity index (χ0) is 31.4. The van der Waals surface area contributed by atoms with E-state index in [0.29, 0.717) is 12.8 Å². The maximum absolute atomic E-state index is 14.7. The van der Waals surface area contributed by atoms with E-state index in [2.05, 4.69) is 19.6 Å². The molecule has 6 rings (SSSR count). The summed E-state index contributed by atoms with van der Waals surface area (Å²) in [4.78, 5) is 15.3. The van der Waals surface area contributed by atoms with Crippen molar-refractivity contribution < 1.29 is 55.2 Å². The third-order valence-corrected chi connectivity index (χ3v) is 7.09. The molecule has 2 aromatic carbocycles. The van der Waals surface area contributed by atoms with E-state index in [4.69, 9.17) is 14.6 Å². The van der Waals surface area contributed by atoms with Gasteiger partial charge in [-0.3, -0.25) is 0 Å². The maximum Gasteiger partial charge on any atom is 0.586 e. The third-order valence-electron chi connectivity index (χ3n) is 7.09. The molecule has 2 aliphatic rings. The van der Waals surface area contributed by atoms with Crippen molar-refractivity contribution >= 4 is 5.97 Å². The van der Waals surface area contributed by atoms with Crippen molar-refractivity contribution in [3.05, 3.63) is 88.6 Å². The van der Waals surface area contributed by atoms with Gasteiger partial charge in [0.2, 0.25) is 5.88 Å². The second kappa shape index (κ2) is 10.6. The topological polar surface area (TPSA) is 105 Å². The fourth-order valence-corrected chi connectivity index (χ4v) is 5.16. The lowest BCUT2D eigenvalue weighted by molar-refractivity contribution is -0.286. The molecule has 1 aliphatic carbocycles. The van der Waals surface area contributed by atoms with Gasteiger partial charge in [-0.2, -0.15) is 18.3 Å². The summed E-state index contributed by atoms with van der Waals surface area (Å²) in [6.45, 7) is 1.42. The minimum Gasteiger partial charge on any atom is -0.484 e. The van der Waals surface area contributed by atoms with Gasteiger partial charge in [-0.05, 0) is 62.6 Å². The number of rotatable bonds is 7. The van der Waals surface area contributed by atoms with Gasteiger partial charge < -0.3 is 24.1 Å². The van der Waals surface area contributed by atoms with Crippen LogP contribution in [0.25, 0.3) is 5.69 Å². The Balaban J connectivity index is 1.32. The highest BCUT2D eigenvalue weighted by molar-refractivity contribution is 5.87. The molecule has 44 heavy (non-hydrogen) atoms. The number of halogens is 6. The highest BCUT2D eigenvalue weighted by atomic mass is 19.4. The molecule has 230 valence electrons. The van der Waals surface area contributed by atoms with Crippen LogP contribution in [0.2, 0.25) is 0 Å². The number of hydrogen-bond donors (Lipinski definition) is 1. The molecule has 0 spiro atoms. The highest BCUT2D eigenvalue weighted by Gasteiger charge is 2.45. The van der Waals surface area contributed by atoms with Crippen molar-refractivity contribution in [2.75, 3.05) is 0 Å². The molecule has 15 heteroatoms. The van der Waals surface area contributed by atoms with E-state index in [1.165, 1.54) is 49.5 Å². The van der Waals surface area contributed by atoms with E-state index < -0.39 is 53.7 Å². The molecule has 0 amide bonds. The van der Waals surface area contributed by atoms with Crippen molar-refractivity contribution in [3.63, 3.8) is 0 Å². The molecule has 4 aromatic rings. The molecule has 2 atom stereocenters. The van der Waals surface area contributed by atoms with E-state index in [0.717, 1.165) is 16.8 Å². The minimum atomic E-state index is -4.77. The number of aromatic nitrogens is 3. The summed E-state index contributed by atoms with van der Waals surface area (Å²) in [6, 6.07) is 9.92. The van der Waals surface area contributed by atoms with Crippen LogP contribution in [0.3, 0.4) is 0 Å². The standard InChI is InChI=1S/C29H21F6N3O6/c1-14(19-12-22-23(13-20(19)30)44-29(34,35)43-22)41-24-11-16(9-10-36-24)38-25-18(26(37-38)28(31,32)33)3-2-4-21(25)42-17-7-5-15(6-8-17)27(39)40/h5-14,21H,2-4H2,1H3,(H,39,40)/t14-,21-/m0/s1. The molecular weight excluding hydrogens is 600 g/mol. The fraction of sp³-hybridized carbons (Fsp3) is 0.276. The predicted molar refractivity (Wildman–Crippen MR) is 138 cm³/mol. The van der Waals surface area contributed by atoms with E-state index in [1.54, 1.807) is 0 Å². The van der Waals surface area contributed by atoms with Gasteiger partial charge in [0.15, 0.2) is 17.2 Å². The van der Waals surface area contributed by atoms with E-state index in [-0.39, 0.29) is 46.1 Å². The normalized spacial score (nSPS) is 17.6. The number of pyridine rings is 1. The second-order valence-corrected chi connectivity index (χ2v) is 10.1. The Morgan fingerprint density at radius 1 is 1.11 bits per heavy atom. The van der Waals surface area contributed by atoms with Crippen molar-refractivity contribution in [1.82, 2.24) is 14.8 Å². The maximum atomic E-state index is 14.7. The van der Waals surface area contributed by atoms with Crippen LogP contribution in [0, 0.1) is 5.82 Å². The van der Waals surface area contributed by atoms with Gasteiger partial charge in [-0.25, -0.2) is 18.9 Å². The molecule has 0 saturated carbocycles. The summed E-state index contributed by atoms with van der Waals surface area (Å²) in [5.74, 6) is -2.80. The van der Waals surface area contributed by atoms with Crippen molar-refractivity contribution in [2.45, 2.75) is 50.9 Å². The largest absolute Gasteiger partial charge is 0.586 e. The second-order valence-electron chi connectivity index (χ2n) is 10.1. The van der Waals surface area contributed by atoms with Crippen LogP contribution >= 0.6 is 0 Å². The monoisotopic (exact) mass is 621 g/mol. The molecule has 1 N–H and O–H groups in total. The first-order chi connectivity index (χ1) is 20.8. The van der Waals surface area contributed by atoms with Crippen molar-refractivity contribution in [2.24, 2.45) is 0 Å². The number of carbonyl (C=O) groups is 1. The van der Waals surface area contributed by atoms with Gasteiger partial charge in [0.25, 0.3) is 0 Å². The Bertz CT molecular complexity index is 1740. The Kier molecular flexibility index (Phi) is 7.05. The Morgan fingerprint density at radius 2 is 1.82 bits per heavy atom. The van der Waals surface area contributed by atoms with Crippen molar-refractivity contribution in [1.29, 1.82) is 0 Å². The fourth-order valence-electron chi connectivity index (χ4n) is 5.16. The SMILES string of the molecule is C[C@H](Oc1cc(-n2nc(C(F)(F)F)c3c2[C@@H](Oc2ccc(C(=O)O)cc2)CCC3)ccn1)c1cc2c(cc1F)OC(F)(F)O2. The quantitative estimate of drug-likeness (QED) is 0.219. The average molecular weight is 621 g/mol. The number of nitrogens with zero attached hydrogens (tertiary/aromatic N) is 3. The summed E-state index contributed by atoms with van der Waals surface area (Å²) < 4.78 is 105. The van der Waals surface area contributed by atoms with Crippen LogP contribution < -0.4 is 18.9 Å². The van der Waals surface area contributed by atoms with E-state index >= 15 is 0 Å². The summed E-state index contributed by atoms with van der Waals surface area (Å²) in [6.07, 6.45) is -8.59. The smallest absolute Gasteiger partial charge is 0.484 e. The first kappa shape index (κ1) is 29.1. The summed E-state index contributed by atoms with van der Waals surface area (Å²) in [5.41, 5.74) is -0.967. The summed E-state index contributed by atoms with van der Waals surface area (Å²) in [7, 11) is 0. The Labute approximate surface area is 244 Å². The molecular formula is C29H21F6N3O6. The molecule has 2 aromatic heterocycles. The zero-order valence-corrected chi connectivity index (χ0v) is 22.6. The average Bonchev–Trinajstić information content (AvgIpc) is 3.50. The lowest BCUT2D eigenvalue weighted by Crippen LogP contribution is -2.25. The van der Waals surface area contributed by atoms with Crippen molar-refractivity contribution in [3.8, 4) is 28.8 Å². The molecule has 0 fully saturated rings. The minimum absolute atomic E-state index is 0.0168. The first-order valence-electron chi connectivity index (χ1n) is 13.2. The molecule has 3 heterocycles. The first-order valence-corrected chi connectivity index (χ1v) is 13.2. The van der Waals surface area contributed by atoms with Gasteiger partial charge in [-0.15, -0.1) is 8.78 Å². The number of alkyl halides is 5. The van der Waals surface area contributed by atoms with Gasteiger partial charge in [0.1, 0.15) is 23.8 Å². The number of benzene rings is 2. The molecule has 0 unspecified atom stereocenters. The van der Waals surface area contributed by atoms with Crippen LogP contribution in [0.15, 0.2) is 54.7 Å². The molecule has 9 nitrogen and oxygen atoms in total. The lowest BCUT2D eigenvalue weighted by atomic mass is 9.93. The number of ether oxygens (including phenoxy) is 4. The molecule has 0 saturated heterocycles. The number of fused-ring (bicyclic) bond motifs is 2. The summed E-state index contributed by atoms with van der Waals surface area (Å²) in [5, 5.41) is 13.0. The number of hydrogen-bond acceptors (Lipinski definition) is 7. The number of aromatic carboxylic acids is 1. The Hall–Kier alpha value is -4.95. The van der Waals surface area contributed by atoms with E-state index in [9.17, 15) is 31.1 Å². The zero-order valence-electron chi connectivity index (χ0n) is 22.6. The summed E-state index contributed by atoms with van der Waals surface area (Å²) >= 11 is 0. The molecule has 1 aliphatic heterocycles. The van der Waals surface area contributed by atoms with Gasteiger partial charge in [-0.1, -0.05) is 0 Å². The Morgan fingerprint density at radius 3 is 2.50 bits per heavy atom. The third kappa shape index (κ3) is 5.56. The van der Waals surface area contributed by atoms with Crippen LogP contribution in [-0.4, -0.2) is 32.1 Å². The number of carboxylic acids is 1. The lowest BCUT2D eigenvalue weighted by Gasteiger charge is -2.26. The van der Waals surface area contributed by atoms with E-state index in [1.807, 2.05) is 0 Å². The number of carboxylic acid groups (broad SMARTS) is 1. The van der Waals surface area contributed by atoms with Gasteiger partial charge in [0.05, 0.1) is 16.9 Å². The van der Waals surface area contributed by atoms with Gasteiger partial charge >= 0.3 is 18.4 Å². The van der Waals surface area contributed by atoms with Crippen LogP contribution in [0.1, 0.15) is 64.8 Å². The van der Waals surface area contributed by atoms with Crippen LogP contribution in [0.5, 0.6) is 23.1 Å². The predicted octanol–water partition coefficient (Wildman–Crippen LogP) is 7.04. The molecule has 0 bridgehead atoms.